The molecule has 0 aliphatic carbocycles. The number of hydrogen-bond donors (Lipinski definition) is 1. The molecule has 1 aliphatic heterocycles. The van der Waals surface area contributed by atoms with Crippen LogP contribution in [0.2, 0.25) is 0 Å². The molecule has 1 saturated heterocycles. The second-order valence-electron chi connectivity index (χ2n) is 4.78. The van der Waals surface area contributed by atoms with Crippen molar-refractivity contribution in [2.45, 2.75) is 25.3 Å². The fraction of sp³-hybridized carbons (Fsp3) is 0.583. The zero-order chi connectivity index (χ0) is 13.9. The zero-order valence-electron chi connectivity index (χ0n) is 10.8. The molecule has 7 heteroatoms. The Morgan fingerprint density at radius 2 is 2.32 bits per heavy atom. The van der Waals surface area contributed by atoms with Crippen LogP contribution in [-0.2, 0) is 10.0 Å². The van der Waals surface area contributed by atoms with E-state index in [-0.39, 0.29) is 18.5 Å². The van der Waals surface area contributed by atoms with Gasteiger partial charge in [-0.25, -0.2) is 13.1 Å². The summed E-state index contributed by atoms with van der Waals surface area (Å²) >= 11 is 0. The van der Waals surface area contributed by atoms with E-state index in [0.717, 1.165) is 25.5 Å². The van der Waals surface area contributed by atoms with Crippen molar-refractivity contribution in [1.29, 1.82) is 0 Å². The Balaban J connectivity index is 2.05. The first-order valence-corrected chi connectivity index (χ1v) is 8.14. The summed E-state index contributed by atoms with van der Waals surface area (Å²) in [6.07, 6.45) is 6.76. The van der Waals surface area contributed by atoms with E-state index in [1.807, 2.05) is 0 Å². The van der Waals surface area contributed by atoms with Gasteiger partial charge in [0.2, 0.25) is 10.0 Å². The lowest BCUT2D eigenvalue weighted by molar-refractivity contribution is 0.0618. The predicted molar refractivity (Wildman–Crippen MR) is 70.2 cm³/mol. The van der Waals surface area contributed by atoms with Gasteiger partial charge in [-0.1, -0.05) is 0 Å². The number of nitrogens with zero attached hydrogens (tertiary/aromatic N) is 1. The van der Waals surface area contributed by atoms with Crippen LogP contribution in [-0.4, -0.2) is 44.6 Å². The highest BCUT2D eigenvalue weighted by Gasteiger charge is 2.28. The minimum Gasteiger partial charge on any atom is -0.472 e. The summed E-state index contributed by atoms with van der Waals surface area (Å²) < 4.78 is 29.7. The van der Waals surface area contributed by atoms with Crippen molar-refractivity contribution in [2.75, 3.05) is 19.3 Å². The Morgan fingerprint density at radius 3 is 2.95 bits per heavy atom. The molecule has 19 heavy (non-hydrogen) atoms. The van der Waals surface area contributed by atoms with E-state index in [1.54, 1.807) is 11.0 Å². The molecule has 0 aromatic carbocycles. The van der Waals surface area contributed by atoms with Gasteiger partial charge in [-0.2, -0.15) is 0 Å². The van der Waals surface area contributed by atoms with Crippen LogP contribution in [0, 0.1) is 0 Å². The summed E-state index contributed by atoms with van der Waals surface area (Å²) in [6.45, 7) is 0.919. The Morgan fingerprint density at radius 1 is 1.53 bits per heavy atom. The highest BCUT2D eigenvalue weighted by Crippen LogP contribution is 2.19. The van der Waals surface area contributed by atoms with Crippen LogP contribution in [0.15, 0.2) is 23.0 Å². The molecule has 1 aromatic rings. The highest BCUT2D eigenvalue weighted by atomic mass is 32.2. The maximum Gasteiger partial charge on any atom is 0.257 e. The third-order valence-electron chi connectivity index (χ3n) is 3.24. The molecule has 6 nitrogen and oxygen atoms in total. The minimum absolute atomic E-state index is 0.0918. The van der Waals surface area contributed by atoms with E-state index in [4.69, 9.17) is 4.42 Å². The van der Waals surface area contributed by atoms with E-state index in [1.165, 1.54) is 12.5 Å². The molecule has 0 spiro atoms. The summed E-state index contributed by atoms with van der Waals surface area (Å²) in [5, 5.41) is 0. The van der Waals surface area contributed by atoms with Crippen molar-refractivity contribution in [3.63, 3.8) is 0 Å². The van der Waals surface area contributed by atoms with Crippen molar-refractivity contribution in [3.05, 3.63) is 24.2 Å². The molecule has 106 valence electrons. The lowest BCUT2D eigenvalue weighted by Crippen LogP contribution is -2.49. The molecule has 1 aromatic heterocycles. The number of hydrogen-bond acceptors (Lipinski definition) is 4. The van der Waals surface area contributed by atoms with Crippen LogP contribution >= 0.6 is 0 Å². The van der Waals surface area contributed by atoms with Crippen LogP contribution in [0.5, 0.6) is 0 Å². The van der Waals surface area contributed by atoms with Gasteiger partial charge in [0.25, 0.3) is 5.91 Å². The summed E-state index contributed by atoms with van der Waals surface area (Å²) in [5.74, 6) is -0.103. The SMILES string of the molecule is CS(=O)(=O)NC[C@H]1CCCCN1C(=O)c1ccoc1. The van der Waals surface area contributed by atoms with Crippen LogP contribution < -0.4 is 4.72 Å². The van der Waals surface area contributed by atoms with Crippen molar-refractivity contribution in [2.24, 2.45) is 0 Å². The predicted octanol–water partition coefficient (Wildman–Crippen LogP) is 0.823. The Labute approximate surface area is 112 Å². The lowest BCUT2D eigenvalue weighted by Gasteiger charge is -2.35. The average molecular weight is 286 g/mol. The normalized spacial score (nSPS) is 20.5. The molecule has 0 bridgehead atoms. The summed E-state index contributed by atoms with van der Waals surface area (Å²) in [6, 6.07) is 1.53. The van der Waals surface area contributed by atoms with Crippen LogP contribution in [0.4, 0.5) is 0 Å². The first kappa shape index (κ1) is 14.1. The smallest absolute Gasteiger partial charge is 0.257 e. The zero-order valence-corrected chi connectivity index (χ0v) is 11.6. The topological polar surface area (TPSA) is 79.6 Å². The maximum absolute atomic E-state index is 12.3. The lowest BCUT2D eigenvalue weighted by atomic mass is 10.0. The third kappa shape index (κ3) is 3.81. The van der Waals surface area contributed by atoms with E-state index >= 15 is 0 Å². The van der Waals surface area contributed by atoms with Gasteiger partial charge in [-0.05, 0) is 25.3 Å². The number of piperidine rings is 1. The number of carbonyl (C=O) groups is 1. The van der Waals surface area contributed by atoms with Crippen molar-refractivity contribution in [3.8, 4) is 0 Å². The molecular weight excluding hydrogens is 268 g/mol. The fourth-order valence-electron chi connectivity index (χ4n) is 2.28. The van der Waals surface area contributed by atoms with Gasteiger partial charge >= 0.3 is 0 Å². The summed E-state index contributed by atoms with van der Waals surface area (Å²) in [5.41, 5.74) is 0.506. The second kappa shape index (κ2) is 5.75. The van der Waals surface area contributed by atoms with Gasteiger partial charge in [0.1, 0.15) is 6.26 Å². The van der Waals surface area contributed by atoms with Gasteiger partial charge in [0, 0.05) is 19.1 Å². The molecule has 0 unspecified atom stereocenters. The van der Waals surface area contributed by atoms with E-state index in [9.17, 15) is 13.2 Å². The molecule has 0 saturated carbocycles. The number of nitrogens with one attached hydrogen (secondary N) is 1. The van der Waals surface area contributed by atoms with Crippen molar-refractivity contribution < 1.29 is 17.6 Å². The molecule has 2 heterocycles. The minimum atomic E-state index is -3.23. The average Bonchev–Trinajstić information content (AvgIpc) is 2.89. The maximum atomic E-state index is 12.3. The number of amides is 1. The van der Waals surface area contributed by atoms with E-state index in [0.29, 0.717) is 12.1 Å². The Bertz CT molecular complexity index is 524. The number of carbonyl (C=O) groups excluding carboxylic acids is 1. The standard InChI is InChI=1S/C12H18N2O4S/c1-19(16,17)13-8-11-4-2-3-6-14(11)12(15)10-5-7-18-9-10/h5,7,9,11,13H,2-4,6,8H2,1H3/t11-/m1/s1. The molecule has 0 radical (unpaired) electrons. The van der Waals surface area contributed by atoms with Gasteiger partial charge < -0.3 is 9.32 Å². The summed E-state index contributed by atoms with van der Waals surface area (Å²) in [7, 11) is -3.23. The largest absolute Gasteiger partial charge is 0.472 e. The van der Waals surface area contributed by atoms with Gasteiger partial charge in [-0.3, -0.25) is 4.79 Å². The van der Waals surface area contributed by atoms with Gasteiger partial charge in [-0.15, -0.1) is 0 Å². The van der Waals surface area contributed by atoms with Crippen molar-refractivity contribution in [1.82, 2.24) is 9.62 Å². The number of likely N-dealkylation sites (tertiary alicyclic amines) is 1. The Hall–Kier alpha value is -1.34. The highest BCUT2D eigenvalue weighted by molar-refractivity contribution is 7.88. The molecule has 2 rings (SSSR count). The number of rotatable bonds is 4. The van der Waals surface area contributed by atoms with Gasteiger partial charge in [0.05, 0.1) is 18.1 Å². The quantitative estimate of drug-likeness (QED) is 0.889. The molecule has 1 fully saturated rings. The molecule has 1 atom stereocenters. The third-order valence-corrected chi connectivity index (χ3v) is 3.93. The number of sulfonamides is 1. The van der Waals surface area contributed by atoms with Crippen LogP contribution in [0.1, 0.15) is 29.6 Å². The van der Waals surface area contributed by atoms with Gasteiger partial charge in [0.15, 0.2) is 0 Å². The first-order valence-electron chi connectivity index (χ1n) is 6.25. The fourth-order valence-corrected chi connectivity index (χ4v) is 2.77. The summed E-state index contributed by atoms with van der Waals surface area (Å²) in [4.78, 5) is 14.0. The van der Waals surface area contributed by atoms with E-state index in [2.05, 4.69) is 4.72 Å². The molecule has 1 N–H and O–H groups in total. The van der Waals surface area contributed by atoms with Crippen LogP contribution in [0.25, 0.3) is 0 Å². The Kier molecular flexibility index (Phi) is 4.26. The number of furan rings is 1. The first-order chi connectivity index (χ1) is 8.97. The van der Waals surface area contributed by atoms with E-state index < -0.39 is 10.0 Å². The molecular formula is C12H18N2O4S. The molecule has 1 amide bonds. The van der Waals surface area contributed by atoms with Crippen LogP contribution in [0.3, 0.4) is 0 Å². The second-order valence-corrected chi connectivity index (χ2v) is 6.61. The monoisotopic (exact) mass is 286 g/mol. The van der Waals surface area contributed by atoms with Crippen molar-refractivity contribution >= 4 is 15.9 Å². The molecule has 1 aliphatic rings.